The van der Waals surface area contributed by atoms with Gasteiger partial charge in [-0.25, -0.2) is 9.97 Å². The third-order valence-electron chi connectivity index (χ3n) is 4.99. The number of morpholine rings is 1. The normalized spacial score (nSPS) is 22.2. The number of hydrogen-bond acceptors (Lipinski definition) is 6. The predicted molar refractivity (Wildman–Crippen MR) is 99.4 cm³/mol. The van der Waals surface area contributed by atoms with Crippen LogP contribution in [0.4, 0.5) is 0 Å². The van der Waals surface area contributed by atoms with Crippen LogP contribution in [0.3, 0.4) is 0 Å². The molecule has 0 radical (unpaired) electrons. The van der Waals surface area contributed by atoms with Crippen LogP contribution in [0.15, 0.2) is 6.20 Å². The highest BCUT2D eigenvalue weighted by Gasteiger charge is 2.38. The van der Waals surface area contributed by atoms with E-state index in [1.54, 1.807) is 11.8 Å². The summed E-state index contributed by atoms with van der Waals surface area (Å²) in [5, 5.41) is 0. The van der Waals surface area contributed by atoms with E-state index in [0.29, 0.717) is 56.4 Å². The number of nitrogens with zero attached hydrogens (tertiary/aromatic N) is 5. The number of amides is 1. The lowest BCUT2D eigenvalue weighted by molar-refractivity contribution is 0.0300. The Balaban J connectivity index is 2.01. The van der Waals surface area contributed by atoms with Crippen LogP contribution in [0, 0.1) is 6.92 Å². The van der Waals surface area contributed by atoms with Crippen LogP contribution in [-0.2, 0) is 14.9 Å². The molecule has 1 aromatic rings. The minimum absolute atomic E-state index is 0.166. The Hall–Kier alpha value is -1.62. The molecule has 2 aliphatic heterocycles. The molecule has 3 rings (SSSR count). The van der Waals surface area contributed by atoms with E-state index in [0.717, 1.165) is 12.8 Å². The first-order chi connectivity index (χ1) is 12.8. The molecule has 27 heavy (non-hydrogen) atoms. The topological polar surface area (TPSA) is 95.9 Å². The number of aromatic nitrogens is 2. The van der Waals surface area contributed by atoms with Crippen molar-refractivity contribution in [3.8, 4) is 0 Å². The van der Waals surface area contributed by atoms with Crippen molar-refractivity contribution >= 4 is 16.1 Å². The number of carbonyl (C=O) groups excluding carboxylic acids is 1. The number of piperidine rings is 1. The Labute approximate surface area is 160 Å². The molecular weight excluding hydrogens is 370 g/mol. The van der Waals surface area contributed by atoms with Crippen molar-refractivity contribution in [2.45, 2.75) is 32.2 Å². The number of rotatable bonds is 4. The zero-order valence-corrected chi connectivity index (χ0v) is 16.9. The summed E-state index contributed by atoms with van der Waals surface area (Å²) >= 11 is 0. The Morgan fingerprint density at radius 3 is 2.59 bits per heavy atom. The molecular formula is C17H27N5O4S. The van der Waals surface area contributed by atoms with Crippen LogP contribution < -0.4 is 0 Å². The largest absolute Gasteiger partial charge is 0.378 e. The SMILES string of the molecule is Cc1ncc(C(=O)N2CCOCC2)c([C@@H]2CCCCN2S(=O)(=O)N(C)C)n1. The highest BCUT2D eigenvalue weighted by Crippen LogP contribution is 2.34. The molecule has 2 fully saturated rings. The molecule has 0 unspecified atom stereocenters. The quantitative estimate of drug-likeness (QED) is 0.738. The first-order valence-electron chi connectivity index (χ1n) is 9.22. The van der Waals surface area contributed by atoms with Crippen molar-refractivity contribution in [3.05, 3.63) is 23.3 Å². The molecule has 9 nitrogen and oxygen atoms in total. The van der Waals surface area contributed by atoms with Gasteiger partial charge in [-0.15, -0.1) is 0 Å². The molecule has 0 spiro atoms. The van der Waals surface area contributed by atoms with Gasteiger partial charge >= 0.3 is 0 Å². The van der Waals surface area contributed by atoms with Gasteiger partial charge in [0.25, 0.3) is 16.1 Å². The van der Waals surface area contributed by atoms with Gasteiger partial charge in [0.15, 0.2) is 0 Å². The van der Waals surface area contributed by atoms with E-state index in [4.69, 9.17) is 4.74 Å². The van der Waals surface area contributed by atoms with Crippen molar-refractivity contribution in [1.82, 2.24) is 23.5 Å². The first kappa shape index (κ1) is 20.1. The van der Waals surface area contributed by atoms with Gasteiger partial charge in [-0.1, -0.05) is 6.42 Å². The average Bonchev–Trinajstić information content (AvgIpc) is 2.68. The van der Waals surface area contributed by atoms with Crippen molar-refractivity contribution in [2.24, 2.45) is 0 Å². The third-order valence-corrected chi connectivity index (χ3v) is 6.95. The monoisotopic (exact) mass is 397 g/mol. The lowest BCUT2D eigenvalue weighted by Gasteiger charge is -2.37. The third kappa shape index (κ3) is 4.13. The summed E-state index contributed by atoms with van der Waals surface area (Å²) in [5.41, 5.74) is 0.887. The fraction of sp³-hybridized carbons (Fsp3) is 0.706. The van der Waals surface area contributed by atoms with Gasteiger partial charge in [0.1, 0.15) is 5.82 Å². The maximum atomic E-state index is 13.1. The second-order valence-electron chi connectivity index (χ2n) is 7.03. The summed E-state index contributed by atoms with van der Waals surface area (Å²) in [4.78, 5) is 23.5. The molecule has 2 saturated heterocycles. The zero-order valence-electron chi connectivity index (χ0n) is 16.1. The summed E-state index contributed by atoms with van der Waals surface area (Å²) in [6.07, 6.45) is 3.84. The minimum atomic E-state index is -3.62. The number of ether oxygens (including phenoxy) is 1. The van der Waals surface area contributed by atoms with Crippen molar-refractivity contribution < 1.29 is 17.9 Å². The molecule has 0 bridgehead atoms. The smallest absolute Gasteiger partial charge is 0.282 e. The van der Waals surface area contributed by atoms with Gasteiger partial charge in [-0.3, -0.25) is 4.79 Å². The summed E-state index contributed by atoms with van der Waals surface area (Å²) in [5.74, 6) is 0.359. The molecule has 0 aliphatic carbocycles. The minimum Gasteiger partial charge on any atom is -0.378 e. The van der Waals surface area contributed by atoms with E-state index >= 15 is 0 Å². The van der Waals surface area contributed by atoms with E-state index in [1.807, 2.05) is 0 Å². The molecule has 0 saturated carbocycles. The lowest BCUT2D eigenvalue weighted by Crippen LogP contribution is -2.46. The molecule has 10 heteroatoms. The summed E-state index contributed by atoms with van der Waals surface area (Å²) in [6, 6.07) is -0.465. The Morgan fingerprint density at radius 1 is 1.22 bits per heavy atom. The fourth-order valence-corrected chi connectivity index (χ4v) is 4.81. The van der Waals surface area contributed by atoms with E-state index < -0.39 is 16.3 Å². The van der Waals surface area contributed by atoms with Gasteiger partial charge in [0.2, 0.25) is 0 Å². The molecule has 150 valence electrons. The van der Waals surface area contributed by atoms with E-state index in [-0.39, 0.29) is 5.91 Å². The van der Waals surface area contributed by atoms with Crippen LogP contribution in [0.5, 0.6) is 0 Å². The average molecular weight is 398 g/mol. The molecule has 3 heterocycles. The molecule has 0 N–H and O–H groups in total. The van der Waals surface area contributed by atoms with Gasteiger partial charge in [0.05, 0.1) is 30.5 Å². The van der Waals surface area contributed by atoms with Crippen LogP contribution in [0.1, 0.15) is 47.2 Å². The van der Waals surface area contributed by atoms with Crippen molar-refractivity contribution in [1.29, 1.82) is 0 Å². The Morgan fingerprint density at radius 2 is 1.93 bits per heavy atom. The predicted octanol–water partition coefficient (Wildman–Crippen LogP) is 0.591. The summed E-state index contributed by atoms with van der Waals surface area (Å²) in [7, 11) is -0.576. The molecule has 1 atom stereocenters. The molecule has 1 amide bonds. The van der Waals surface area contributed by atoms with E-state index in [2.05, 4.69) is 9.97 Å². The van der Waals surface area contributed by atoms with Gasteiger partial charge in [0, 0.05) is 39.9 Å². The highest BCUT2D eigenvalue weighted by atomic mass is 32.2. The van der Waals surface area contributed by atoms with Crippen LogP contribution in [0.25, 0.3) is 0 Å². The zero-order chi connectivity index (χ0) is 19.6. The Bertz CT molecular complexity index is 793. The molecule has 2 aliphatic rings. The lowest BCUT2D eigenvalue weighted by atomic mass is 9.98. The Kier molecular flexibility index (Phi) is 6.09. The fourth-order valence-electron chi connectivity index (χ4n) is 3.51. The summed E-state index contributed by atoms with van der Waals surface area (Å²) < 4.78 is 33.7. The second kappa shape index (κ2) is 8.17. The van der Waals surface area contributed by atoms with Crippen LogP contribution in [0.2, 0.25) is 0 Å². The molecule has 1 aromatic heterocycles. The van der Waals surface area contributed by atoms with Crippen molar-refractivity contribution in [2.75, 3.05) is 46.9 Å². The van der Waals surface area contributed by atoms with E-state index in [1.165, 1.54) is 28.9 Å². The maximum Gasteiger partial charge on any atom is 0.282 e. The van der Waals surface area contributed by atoms with Gasteiger partial charge in [-0.2, -0.15) is 17.0 Å². The highest BCUT2D eigenvalue weighted by molar-refractivity contribution is 7.86. The number of aryl methyl sites for hydroxylation is 1. The molecule has 0 aromatic carbocycles. The summed E-state index contributed by atoms with van der Waals surface area (Å²) in [6.45, 7) is 4.18. The standard InChI is InChI=1S/C17H27N5O4S/c1-13-18-12-14(17(23)21-8-10-26-11-9-21)16(19-13)15-6-4-5-7-22(15)27(24,25)20(2)3/h12,15H,4-11H2,1-3H3/t15-/m0/s1. The van der Waals surface area contributed by atoms with E-state index in [9.17, 15) is 13.2 Å². The first-order valence-corrected chi connectivity index (χ1v) is 10.6. The number of carbonyl (C=O) groups is 1. The van der Waals surface area contributed by atoms with Crippen LogP contribution >= 0.6 is 0 Å². The van der Waals surface area contributed by atoms with Gasteiger partial charge < -0.3 is 9.64 Å². The maximum absolute atomic E-state index is 13.1. The van der Waals surface area contributed by atoms with Gasteiger partial charge in [-0.05, 0) is 19.8 Å². The number of hydrogen-bond donors (Lipinski definition) is 0. The second-order valence-corrected chi connectivity index (χ2v) is 9.13. The van der Waals surface area contributed by atoms with Crippen molar-refractivity contribution in [3.63, 3.8) is 0 Å². The van der Waals surface area contributed by atoms with Crippen LogP contribution in [-0.4, -0.2) is 84.7 Å².